The molecule has 26 heavy (non-hydrogen) atoms. The molecule has 2 aromatic carbocycles. The lowest BCUT2D eigenvalue weighted by molar-refractivity contribution is -0.384. The van der Waals surface area contributed by atoms with Gasteiger partial charge in [-0.15, -0.1) is 10.2 Å². The monoisotopic (exact) mass is 453 g/mol. The molecule has 0 fully saturated rings. The molecule has 0 saturated heterocycles. The Labute approximate surface area is 165 Å². The molecule has 3 aromatic rings. The first-order valence-corrected chi connectivity index (χ1v) is 9.29. The number of halogens is 2. The van der Waals surface area contributed by atoms with Crippen LogP contribution in [0.2, 0.25) is 5.02 Å². The molecule has 0 unspecified atom stereocenters. The summed E-state index contributed by atoms with van der Waals surface area (Å²) in [6.07, 6.45) is 0. The maximum atomic E-state index is 12.3. The van der Waals surface area contributed by atoms with E-state index in [0.29, 0.717) is 5.89 Å². The minimum Gasteiger partial charge on any atom is -0.411 e. The summed E-state index contributed by atoms with van der Waals surface area (Å²) in [6.45, 7) is 0. The van der Waals surface area contributed by atoms with Gasteiger partial charge in [0.25, 0.3) is 10.9 Å². The SMILES string of the molecule is O=C(CSc1nnc(-c2ccc(Br)cc2)o1)c1cc([N+](=O)[O-])ccc1Cl. The van der Waals surface area contributed by atoms with Gasteiger partial charge in [-0.05, 0) is 30.3 Å². The molecule has 0 aliphatic heterocycles. The number of Topliss-reactive ketones (excluding diaryl/α,β-unsaturated/α-hetero) is 1. The van der Waals surface area contributed by atoms with Crippen molar-refractivity contribution in [1.29, 1.82) is 0 Å². The Kier molecular flexibility index (Phi) is 5.70. The zero-order valence-electron chi connectivity index (χ0n) is 12.9. The number of benzene rings is 2. The fraction of sp³-hybridized carbons (Fsp3) is 0.0625. The van der Waals surface area contributed by atoms with Crippen molar-refractivity contribution >= 4 is 50.8 Å². The third kappa shape index (κ3) is 4.29. The number of rotatable bonds is 6. The van der Waals surface area contributed by atoms with Crippen LogP contribution in [0, 0.1) is 10.1 Å². The Morgan fingerprint density at radius 2 is 1.96 bits per heavy atom. The van der Waals surface area contributed by atoms with Gasteiger partial charge in [-0.1, -0.05) is 39.3 Å². The van der Waals surface area contributed by atoms with Crippen molar-refractivity contribution in [3.8, 4) is 11.5 Å². The Morgan fingerprint density at radius 3 is 2.65 bits per heavy atom. The third-order valence-electron chi connectivity index (χ3n) is 3.29. The molecule has 10 heteroatoms. The molecular formula is C16H9BrClN3O4S. The van der Waals surface area contributed by atoms with Crippen molar-refractivity contribution < 1.29 is 14.1 Å². The maximum absolute atomic E-state index is 12.3. The number of nitrogens with zero attached hydrogens (tertiary/aromatic N) is 3. The molecule has 7 nitrogen and oxygen atoms in total. The van der Waals surface area contributed by atoms with Gasteiger partial charge in [-0.3, -0.25) is 14.9 Å². The minimum atomic E-state index is -0.581. The summed E-state index contributed by atoms with van der Waals surface area (Å²) in [5, 5.41) is 19.0. The smallest absolute Gasteiger partial charge is 0.277 e. The minimum absolute atomic E-state index is 0.0388. The van der Waals surface area contributed by atoms with E-state index < -0.39 is 4.92 Å². The molecule has 0 amide bonds. The predicted molar refractivity (Wildman–Crippen MR) is 101 cm³/mol. The van der Waals surface area contributed by atoms with Crippen LogP contribution in [-0.2, 0) is 0 Å². The summed E-state index contributed by atoms with van der Waals surface area (Å²) >= 11 is 10.3. The number of non-ortho nitro benzene ring substituents is 1. The van der Waals surface area contributed by atoms with E-state index in [9.17, 15) is 14.9 Å². The van der Waals surface area contributed by atoms with Crippen molar-refractivity contribution in [1.82, 2.24) is 10.2 Å². The number of hydrogen-bond acceptors (Lipinski definition) is 7. The summed E-state index contributed by atoms with van der Waals surface area (Å²) in [4.78, 5) is 22.6. The van der Waals surface area contributed by atoms with Crippen LogP contribution in [-0.4, -0.2) is 26.7 Å². The topological polar surface area (TPSA) is 99.1 Å². The highest BCUT2D eigenvalue weighted by Gasteiger charge is 2.17. The van der Waals surface area contributed by atoms with Crippen LogP contribution in [0.25, 0.3) is 11.5 Å². The number of thioether (sulfide) groups is 1. The number of hydrogen-bond donors (Lipinski definition) is 0. The summed E-state index contributed by atoms with van der Waals surface area (Å²) in [7, 11) is 0. The molecule has 0 spiro atoms. The predicted octanol–water partition coefficient (Wildman–Crippen LogP) is 5.04. The lowest BCUT2D eigenvalue weighted by atomic mass is 10.1. The van der Waals surface area contributed by atoms with Crippen LogP contribution in [0.5, 0.6) is 0 Å². The molecule has 1 aromatic heterocycles. The van der Waals surface area contributed by atoms with Gasteiger partial charge < -0.3 is 4.42 Å². The standard InChI is InChI=1S/C16H9BrClN3O4S/c17-10-3-1-9(2-4-10)15-19-20-16(25-15)26-8-14(22)12-7-11(21(23)24)5-6-13(12)18/h1-7H,8H2. The van der Waals surface area contributed by atoms with Crippen LogP contribution in [0.1, 0.15) is 10.4 Å². The van der Waals surface area contributed by atoms with E-state index in [4.69, 9.17) is 16.0 Å². The average Bonchev–Trinajstić information content (AvgIpc) is 3.09. The first-order valence-electron chi connectivity index (χ1n) is 7.13. The molecule has 0 saturated carbocycles. The van der Waals surface area contributed by atoms with E-state index >= 15 is 0 Å². The van der Waals surface area contributed by atoms with E-state index in [-0.39, 0.29) is 33.0 Å². The quantitative estimate of drug-likeness (QED) is 0.223. The number of ketones is 1. The molecule has 0 aliphatic carbocycles. The first kappa shape index (κ1) is 18.6. The molecular weight excluding hydrogens is 446 g/mol. The maximum Gasteiger partial charge on any atom is 0.277 e. The zero-order chi connectivity index (χ0) is 18.7. The highest BCUT2D eigenvalue weighted by molar-refractivity contribution is 9.10. The number of nitro benzene ring substituents is 1. The van der Waals surface area contributed by atoms with Crippen LogP contribution in [0.4, 0.5) is 5.69 Å². The fourth-order valence-electron chi connectivity index (χ4n) is 2.02. The number of carbonyl (C=O) groups excluding carboxylic acids is 1. The average molecular weight is 455 g/mol. The van der Waals surface area contributed by atoms with Crippen LogP contribution >= 0.6 is 39.3 Å². The Morgan fingerprint density at radius 1 is 1.23 bits per heavy atom. The van der Waals surface area contributed by atoms with E-state index in [1.54, 1.807) is 0 Å². The Hall–Kier alpha value is -2.23. The lowest BCUT2D eigenvalue weighted by Gasteiger charge is -2.02. The van der Waals surface area contributed by atoms with Gasteiger partial charge in [0, 0.05) is 27.7 Å². The lowest BCUT2D eigenvalue weighted by Crippen LogP contribution is -2.04. The first-order chi connectivity index (χ1) is 12.4. The van der Waals surface area contributed by atoms with Crippen LogP contribution in [0.15, 0.2) is 56.6 Å². The van der Waals surface area contributed by atoms with E-state index in [2.05, 4.69) is 26.1 Å². The van der Waals surface area contributed by atoms with Crippen molar-refractivity contribution in [2.75, 3.05) is 5.75 Å². The summed E-state index contributed by atoms with van der Waals surface area (Å²) in [5.41, 5.74) is 0.639. The second kappa shape index (κ2) is 7.98. The van der Waals surface area contributed by atoms with Crippen molar-refractivity contribution in [2.45, 2.75) is 5.22 Å². The molecule has 132 valence electrons. The van der Waals surface area contributed by atoms with Gasteiger partial charge in [0.05, 0.1) is 15.7 Å². The molecule has 3 rings (SSSR count). The Bertz CT molecular complexity index is 978. The Balaban J connectivity index is 1.70. The van der Waals surface area contributed by atoms with Crippen molar-refractivity contribution in [3.63, 3.8) is 0 Å². The van der Waals surface area contributed by atoms with Gasteiger partial charge in [0.2, 0.25) is 5.89 Å². The van der Waals surface area contributed by atoms with Gasteiger partial charge in [-0.2, -0.15) is 0 Å². The molecule has 0 N–H and O–H groups in total. The molecule has 0 atom stereocenters. The van der Waals surface area contributed by atoms with Crippen molar-refractivity contribution in [2.24, 2.45) is 0 Å². The molecule has 0 bridgehead atoms. The van der Waals surface area contributed by atoms with E-state index in [1.165, 1.54) is 12.1 Å². The highest BCUT2D eigenvalue weighted by atomic mass is 79.9. The van der Waals surface area contributed by atoms with Gasteiger partial charge in [-0.25, -0.2) is 0 Å². The third-order valence-corrected chi connectivity index (χ3v) is 4.96. The fourth-order valence-corrected chi connectivity index (χ4v) is 3.16. The van der Waals surface area contributed by atoms with Crippen LogP contribution < -0.4 is 0 Å². The second-order valence-electron chi connectivity index (χ2n) is 5.01. The number of carbonyl (C=O) groups is 1. The summed E-state index contributed by atoms with van der Waals surface area (Å²) < 4.78 is 6.45. The van der Waals surface area contributed by atoms with Crippen molar-refractivity contribution in [3.05, 3.63) is 67.6 Å². The normalized spacial score (nSPS) is 10.7. The van der Waals surface area contributed by atoms with Gasteiger partial charge >= 0.3 is 0 Å². The second-order valence-corrected chi connectivity index (χ2v) is 7.26. The largest absolute Gasteiger partial charge is 0.411 e. The molecule has 0 radical (unpaired) electrons. The van der Waals surface area contributed by atoms with Gasteiger partial charge in [0.15, 0.2) is 5.78 Å². The zero-order valence-corrected chi connectivity index (χ0v) is 16.0. The number of nitro groups is 1. The summed E-state index contributed by atoms with van der Waals surface area (Å²) in [5.74, 6) is -0.0732. The van der Waals surface area contributed by atoms with E-state index in [0.717, 1.165) is 27.9 Å². The van der Waals surface area contributed by atoms with Gasteiger partial charge in [0.1, 0.15) is 0 Å². The number of aromatic nitrogens is 2. The highest BCUT2D eigenvalue weighted by Crippen LogP contribution is 2.27. The van der Waals surface area contributed by atoms with Crippen LogP contribution in [0.3, 0.4) is 0 Å². The summed E-state index contributed by atoms with van der Waals surface area (Å²) in [6, 6.07) is 11.1. The van der Waals surface area contributed by atoms with E-state index in [1.807, 2.05) is 24.3 Å². The molecule has 0 aliphatic rings. The molecule has 1 heterocycles.